The fraction of sp³-hybridized carbons (Fsp3) is 0.615. The molecule has 1 aromatic heterocycles. The Morgan fingerprint density at radius 3 is 2.75 bits per heavy atom. The number of hydrogen-bond acceptors (Lipinski definition) is 2. The molecule has 90 valence electrons. The monoisotopic (exact) mass is 221 g/mol. The van der Waals surface area contributed by atoms with Gasteiger partial charge >= 0.3 is 0 Å². The normalized spacial score (nSPS) is 10.8. The molecule has 16 heavy (non-hydrogen) atoms. The van der Waals surface area contributed by atoms with Gasteiger partial charge in [0.2, 0.25) is 5.95 Å². The van der Waals surface area contributed by atoms with Gasteiger partial charge in [0, 0.05) is 19.3 Å². The minimum Gasteiger partial charge on any atom is -0.355 e. The number of nitrogens with zero attached hydrogens (tertiary/aromatic N) is 2. The van der Waals surface area contributed by atoms with Crippen LogP contribution in [0, 0.1) is 12.8 Å². The van der Waals surface area contributed by atoms with Crippen molar-refractivity contribution < 1.29 is 0 Å². The van der Waals surface area contributed by atoms with Crippen LogP contribution in [0.25, 0.3) is 0 Å². The van der Waals surface area contributed by atoms with Crippen LogP contribution in [0.2, 0.25) is 0 Å². The highest BCUT2D eigenvalue weighted by molar-refractivity contribution is 5.29. The van der Waals surface area contributed by atoms with Crippen LogP contribution < -0.4 is 5.32 Å². The third kappa shape index (κ3) is 3.40. The Balaban J connectivity index is 2.61. The Labute approximate surface area is 98.6 Å². The highest BCUT2D eigenvalue weighted by atomic mass is 15.2. The number of aryl methyl sites for hydroxylation is 1. The lowest BCUT2D eigenvalue weighted by atomic mass is 10.0. The molecule has 1 heterocycles. The van der Waals surface area contributed by atoms with Crippen LogP contribution in [0.1, 0.15) is 32.4 Å². The lowest BCUT2D eigenvalue weighted by Crippen LogP contribution is -2.15. The summed E-state index contributed by atoms with van der Waals surface area (Å²) in [5, 5.41) is 3.42. The number of hydrogen-bond donors (Lipinski definition) is 1. The number of allylic oxidation sites excluding steroid dienone is 1. The van der Waals surface area contributed by atoms with Gasteiger partial charge in [-0.15, -0.1) is 6.58 Å². The van der Waals surface area contributed by atoms with Gasteiger partial charge in [-0.25, -0.2) is 4.98 Å². The van der Waals surface area contributed by atoms with E-state index < -0.39 is 0 Å². The Morgan fingerprint density at radius 1 is 1.50 bits per heavy atom. The van der Waals surface area contributed by atoms with Gasteiger partial charge in [0.05, 0.1) is 5.69 Å². The molecule has 0 saturated heterocycles. The van der Waals surface area contributed by atoms with Gasteiger partial charge in [0.15, 0.2) is 0 Å². The Hall–Kier alpha value is -1.25. The van der Waals surface area contributed by atoms with Crippen molar-refractivity contribution in [3.8, 4) is 0 Å². The summed E-state index contributed by atoms with van der Waals surface area (Å²) < 4.78 is 2.10. The number of aromatic nitrogens is 2. The minimum atomic E-state index is 0.731. The van der Waals surface area contributed by atoms with E-state index in [2.05, 4.69) is 41.5 Å². The Bertz CT molecular complexity index is 324. The summed E-state index contributed by atoms with van der Waals surface area (Å²) in [7, 11) is 0. The highest BCUT2D eigenvalue weighted by Gasteiger charge is 2.07. The molecule has 1 N–H and O–H groups in total. The molecule has 0 atom stereocenters. The minimum absolute atomic E-state index is 0.731. The third-order valence-electron chi connectivity index (χ3n) is 2.93. The largest absolute Gasteiger partial charge is 0.355 e. The van der Waals surface area contributed by atoms with Gasteiger partial charge in [-0.05, 0) is 12.8 Å². The smallest absolute Gasteiger partial charge is 0.203 e. The second-order valence-electron chi connectivity index (χ2n) is 4.21. The van der Waals surface area contributed by atoms with Crippen LogP contribution >= 0.6 is 0 Å². The van der Waals surface area contributed by atoms with E-state index in [0.29, 0.717) is 0 Å². The molecule has 3 heteroatoms. The molecule has 0 aliphatic heterocycles. The molecular weight excluding hydrogens is 198 g/mol. The van der Waals surface area contributed by atoms with Gasteiger partial charge in [0.25, 0.3) is 0 Å². The first-order valence-corrected chi connectivity index (χ1v) is 6.09. The molecule has 0 radical (unpaired) electrons. The standard InChI is InChI=1S/C13H23N3/c1-5-8-16-10-11(4)15-13(16)14-9-12(6-2)7-3/h5,10,12H,1,6-9H2,2-4H3,(H,14,15). The lowest BCUT2D eigenvalue weighted by molar-refractivity contribution is 0.516. The van der Waals surface area contributed by atoms with Crippen molar-refractivity contribution in [1.82, 2.24) is 9.55 Å². The molecule has 0 fully saturated rings. The lowest BCUT2D eigenvalue weighted by Gasteiger charge is -2.14. The van der Waals surface area contributed by atoms with E-state index in [1.54, 1.807) is 0 Å². The first-order chi connectivity index (χ1) is 7.71. The van der Waals surface area contributed by atoms with E-state index in [1.165, 1.54) is 12.8 Å². The molecule has 0 amide bonds. The summed E-state index contributed by atoms with van der Waals surface area (Å²) >= 11 is 0. The summed E-state index contributed by atoms with van der Waals surface area (Å²) in [5.74, 6) is 1.69. The molecule has 0 bridgehead atoms. The van der Waals surface area contributed by atoms with Crippen LogP contribution in [0.5, 0.6) is 0 Å². The summed E-state index contributed by atoms with van der Waals surface area (Å²) in [6.07, 6.45) is 6.37. The molecule has 3 nitrogen and oxygen atoms in total. The van der Waals surface area contributed by atoms with Crippen LogP contribution in [-0.4, -0.2) is 16.1 Å². The maximum Gasteiger partial charge on any atom is 0.203 e. The summed E-state index contributed by atoms with van der Waals surface area (Å²) in [6.45, 7) is 12.1. The number of rotatable bonds is 7. The van der Waals surface area contributed by atoms with Crippen molar-refractivity contribution in [2.24, 2.45) is 5.92 Å². The van der Waals surface area contributed by atoms with Crippen molar-refractivity contribution in [3.05, 3.63) is 24.5 Å². The second-order valence-corrected chi connectivity index (χ2v) is 4.21. The predicted octanol–water partition coefficient (Wildman–Crippen LogP) is 3.23. The third-order valence-corrected chi connectivity index (χ3v) is 2.93. The van der Waals surface area contributed by atoms with Crippen molar-refractivity contribution in [3.63, 3.8) is 0 Å². The number of nitrogens with one attached hydrogen (secondary N) is 1. The van der Waals surface area contributed by atoms with Crippen LogP contribution in [0.3, 0.4) is 0 Å². The average molecular weight is 221 g/mol. The van der Waals surface area contributed by atoms with Crippen molar-refractivity contribution in [2.75, 3.05) is 11.9 Å². The van der Waals surface area contributed by atoms with E-state index in [1.807, 2.05) is 13.0 Å². The van der Waals surface area contributed by atoms with Crippen LogP contribution in [0.15, 0.2) is 18.9 Å². The SMILES string of the molecule is C=CCn1cc(C)nc1NCC(CC)CC. The molecule has 1 rings (SSSR count). The molecule has 0 aliphatic carbocycles. The maximum absolute atomic E-state index is 4.47. The first-order valence-electron chi connectivity index (χ1n) is 6.09. The van der Waals surface area contributed by atoms with Crippen LogP contribution in [0.4, 0.5) is 5.95 Å². The van der Waals surface area contributed by atoms with Gasteiger partial charge in [-0.1, -0.05) is 32.8 Å². The molecule has 0 unspecified atom stereocenters. The van der Waals surface area contributed by atoms with E-state index in [0.717, 1.165) is 30.6 Å². The topological polar surface area (TPSA) is 29.9 Å². The summed E-state index contributed by atoms with van der Waals surface area (Å²) in [4.78, 5) is 4.47. The fourth-order valence-electron chi connectivity index (χ4n) is 1.78. The second kappa shape index (κ2) is 6.36. The van der Waals surface area contributed by atoms with Gasteiger partial charge in [0.1, 0.15) is 0 Å². The zero-order valence-electron chi connectivity index (χ0n) is 10.7. The average Bonchev–Trinajstić information content (AvgIpc) is 2.61. The molecule has 1 aromatic rings. The van der Waals surface area contributed by atoms with E-state index in [9.17, 15) is 0 Å². The summed E-state index contributed by atoms with van der Waals surface area (Å²) in [6, 6.07) is 0. The van der Waals surface area contributed by atoms with Crippen LogP contribution in [-0.2, 0) is 6.54 Å². The Kier molecular flexibility index (Phi) is 5.09. The Morgan fingerprint density at radius 2 is 2.19 bits per heavy atom. The molecule has 0 aromatic carbocycles. The zero-order valence-corrected chi connectivity index (χ0v) is 10.7. The molecule has 0 spiro atoms. The predicted molar refractivity (Wildman–Crippen MR) is 69.7 cm³/mol. The van der Waals surface area contributed by atoms with Crippen molar-refractivity contribution >= 4 is 5.95 Å². The van der Waals surface area contributed by atoms with Gasteiger partial charge in [-0.3, -0.25) is 0 Å². The fourth-order valence-corrected chi connectivity index (χ4v) is 1.78. The van der Waals surface area contributed by atoms with Gasteiger partial charge in [-0.2, -0.15) is 0 Å². The number of imidazole rings is 1. The summed E-state index contributed by atoms with van der Waals surface area (Å²) in [5.41, 5.74) is 1.05. The highest BCUT2D eigenvalue weighted by Crippen LogP contribution is 2.12. The van der Waals surface area contributed by atoms with E-state index in [-0.39, 0.29) is 0 Å². The van der Waals surface area contributed by atoms with E-state index >= 15 is 0 Å². The van der Waals surface area contributed by atoms with Crippen molar-refractivity contribution in [1.29, 1.82) is 0 Å². The molecule has 0 aliphatic rings. The molecule has 0 saturated carbocycles. The number of anilines is 1. The van der Waals surface area contributed by atoms with Gasteiger partial charge < -0.3 is 9.88 Å². The zero-order chi connectivity index (χ0) is 12.0. The van der Waals surface area contributed by atoms with E-state index in [4.69, 9.17) is 0 Å². The first kappa shape index (κ1) is 12.8. The maximum atomic E-state index is 4.47. The molecular formula is C13H23N3. The quantitative estimate of drug-likeness (QED) is 0.716. The van der Waals surface area contributed by atoms with Crippen molar-refractivity contribution in [2.45, 2.75) is 40.2 Å².